The van der Waals surface area contributed by atoms with Crippen LogP contribution in [0.3, 0.4) is 0 Å². The standard InChI is InChI=1S/C23H34N2O3.C8H10/c1-7-10-17-12-14-20(18-13-11-16(8-2)15-24-18)25(21(17)26)19(9-3)22(27)28-23(4,5)6;1-2-8-6-4-3-5-7-8/h7,11,13,15,17,19-20H,1,8-10,12,14H2,2-6H3;3-7H,2H2,1H3. The molecule has 0 radical (unpaired) electrons. The first-order valence-electron chi connectivity index (χ1n) is 13.3. The summed E-state index contributed by atoms with van der Waals surface area (Å²) in [7, 11) is 0. The lowest BCUT2D eigenvalue weighted by atomic mass is 9.86. The molecule has 5 heteroatoms. The molecule has 1 saturated heterocycles. The lowest BCUT2D eigenvalue weighted by Gasteiger charge is -2.43. The summed E-state index contributed by atoms with van der Waals surface area (Å²) in [6.07, 6.45) is 8.38. The Bertz CT molecular complexity index is 964. The maximum absolute atomic E-state index is 13.3. The number of aryl methyl sites for hydroxylation is 2. The van der Waals surface area contributed by atoms with Gasteiger partial charge in [-0.1, -0.05) is 63.2 Å². The van der Waals surface area contributed by atoms with Crippen LogP contribution < -0.4 is 0 Å². The van der Waals surface area contributed by atoms with Gasteiger partial charge in [0.2, 0.25) is 5.91 Å². The second-order valence-electron chi connectivity index (χ2n) is 10.3. The largest absolute Gasteiger partial charge is 0.458 e. The van der Waals surface area contributed by atoms with Gasteiger partial charge in [0.25, 0.3) is 0 Å². The number of ether oxygens (including phenoxy) is 1. The minimum atomic E-state index is -0.614. The zero-order valence-electron chi connectivity index (χ0n) is 23.0. The van der Waals surface area contributed by atoms with Crippen LogP contribution in [0.4, 0.5) is 0 Å². The first-order chi connectivity index (χ1) is 17.1. The molecule has 0 saturated carbocycles. The Morgan fingerprint density at radius 1 is 1.08 bits per heavy atom. The number of hydrogen-bond acceptors (Lipinski definition) is 4. The van der Waals surface area contributed by atoms with Crippen LogP contribution in [0.5, 0.6) is 0 Å². The summed E-state index contributed by atoms with van der Waals surface area (Å²) < 4.78 is 5.63. The monoisotopic (exact) mass is 492 g/mol. The number of carbonyl (C=O) groups is 2. The highest BCUT2D eigenvalue weighted by atomic mass is 16.6. The fourth-order valence-electron chi connectivity index (χ4n) is 4.47. The van der Waals surface area contributed by atoms with Gasteiger partial charge in [-0.25, -0.2) is 4.79 Å². The molecule has 0 aliphatic carbocycles. The third-order valence-corrected chi connectivity index (χ3v) is 6.43. The van der Waals surface area contributed by atoms with Crippen molar-refractivity contribution in [3.8, 4) is 0 Å². The van der Waals surface area contributed by atoms with Crippen LogP contribution >= 0.6 is 0 Å². The van der Waals surface area contributed by atoms with Crippen LogP contribution in [-0.4, -0.2) is 33.4 Å². The third kappa shape index (κ3) is 8.32. The molecular weight excluding hydrogens is 448 g/mol. The maximum Gasteiger partial charge on any atom is 0.329 e. The van der Waals surface area contributed by atoms with Crippen molar-refractivity contribution in [3.05, 3.63) is 78.1 Å². The maximum atomic E-state index is 13.3. The van der Waals surface area contributed by atoms with Gasteiger partial charge < -0.3 is 9.64 Å². The van der Waals surface area contributed by atoms with Crippen LogP contribution in [0.2, 0.25) is 0 Å². The van der Waals surface area contributed by atoms with E-state index in [-0.39, 0.29) is 23.8 Å². The smallest absolute Gasteiger partial charge is 0.329 e. The number of amides is 1. The van der Waals surface area contributed by atoms with Crippen molar-refractivity contribution < 1.29 is 14.3 Å². The van der Waals surface area contributed by atoms with Gasteiger partial charge in [0.15, 0.2) is 0 Å². The van der Waals surface area contributed by atoms with Crippen molar-refractivity contribution in [3.63, 3.8) is 0 Å². The molecule has 196 valence electrons. The van der Waals surface area contributed by atoms with E-state index in [1.807, 2.05) is 46.0 Å². The average molecular weight is 493 g/mol. The molecule has 0 spiro atoms. The Kier molecular flexibility index (Phi) is 11.4. The normalized spacial score (nSPS) is 18.6. The molecular formula is C31H44N2O3. The molecule has 1 aromatic carbocycles. The summed E-state index contributed by atoms with van der Waals surface area (Å²) in [5, 5.41) is 0. The Hall–Kier alpha value is -2.95. The number of hydrogen-bond donors (Lipinski definition) is 0. The van der Waals surface area contributed by atoms with Crippen LogP contribution in [0, 0.1) is 5.92 Å². The van der Waals surface area contributed by atoms with Crippen LogP contribution in [0.25, 0.3) is 0 Å². The SMILES string of the molecule is C=CCC1CCC(c2ccc(CC)cn2)N(C(CC)C(=O)OC(C)(C)C)C1=O.CCc1ccccc1. The summed E-state index contributed by atoms with van der Waals surface area (Å²) in [6, 6.07) is 13.7. The summed E-state index contributed by atoms with van der Waals surface area (Å²) in [5.74, 6) is -0.492. The van der Waals surface area contributed by atoms with Crippen molar-refractivity contribution in [2.75, 3.05) is 0 Å². The Balaban J connectivity index is 0.000000482. The van der Waals surface area contributed by atoms with E-state index in [0.717, 1.165) is 36.9 Å². The number of benzene rings is 1. The zero-order chi connectivity index (χ0) is 26.7. The molecule has 1 amide bonds. The molecule has 1 aliphatic rings. The number of nitrogens with zero attached hydrogens (tertiary/aromatic N) is 2. The summed E-state index contributed by atoms with van der Waals surface area (Å²) >= 11 is 0. The molecule has 1 aromatic heterocycles. The lowest BCUT2D eigenvalue weighted by molar-refractivity contribution is -0.170. The minimum absolute atomic E-state index is 0.00442. The molecule has 3 unspecified atom stereocenters. The van der Waals surface area contributed by atoms with Crippen molar-refractivity contribution in [2.24, 2.45) is 5.92 Å². The predicted octanol–water partition coefficient (Wildman–Crippen LogP) is 6.87. The van der Waals surface area contributed by atoms with E-state index in [2.05, 4.69) is 55.7 Å². The van der Waals surface area contributed by atoms with Crippen LogP contribution in [0.15, 0.2) is 61.3 Å². The number of esters is 1. The minimum Gasteiger partial charge on any atom is -0.458 e. The number of carbonyl (C=O) groups excluding carboxylic acids is 2. The molecule has 36 heavy (non-hydrogen) atoms. The van der Waals surface area contributed by atoms with Gasteiger partial charge in [-0.3, -0.25) is 9.78 Å². The van der Waals surface area contributed by atoms with Crippen molar-refractivity contribution in [1.29, 1.82) is 0 Å². The van der Waals surface area contributed by atoms with Gasteiger partial charge >= 0.3 is 5.97 Å². The first-order valence-corrected chi connectivity index (χ1v) is 13.3. The predicted molar refractivity (Wildman–Crippen MR) is 146 cm³/mol. The molecule has 3 atom stereocenters. The Morgan fingerprint density at radius 2 is 1.75 bits per heavy atom. The van der Waals surface area contributed by atoms with Gasteiger partial charge in [0.1, 0.15) is 11.6 Å². The Labute approximate surface area is 218 Å². The first kappa shape index (κ1) is 29.3. The summed E-state index contributed by atoms with van der Waals surface area (Å²) in [5.41, 5.74) is 2.80. The van der Waals surface area contributed by atoms with Crippen molar-refractivity contribution in [1.82, 2.24) is 9.88 Å². The van der Waals surface area contributed by atoms with Crippen LogP contribution in [0.1, 0.15) is 90.1 Å². The molecule has 1 aliphatic heterocycles. The highest BCUT2D eigenvalue weighted by Gasteiger charge is 2.43. The number of rotatable bonds is 8. The second kappa shape index (κ2) is 14.0. The summed E-state index contributed by atoms with van der Waals surface area (Å²) in [4.78, 5) is 32.6. The number of piperidine rings is 1. The van der Waals surface area contributed by atoms with E-state index in [0.29, 0.717) is 12.8 Å². The van der Waals surface area contributed by atoms with Gasteiger partial charge in [-0.05, 0) is 76.5 Å². The number of allylic oxidation sites excluding steroid dienone is 1. The zero-order valence-corrected chi connectivity index (χ0v) is 23.0. The molecule has 0 bridgehead atoms. The van der Waals surface area contributed by atoms with E-state index in [9.17, 15) is 9.59 Å². The summed E-state index contributed by atoms with van der Waals surface area (Å²) in [6.45, 7) is 15.5. The van der Waals surface area contributed by atoms with Crippen LogP contribution in [-0.2, 0) is 27.2 Å². The molecule has 5 nitrogen and oxygen atoms in total. The van der Waals surface area contributed by atoms with Gasteiger partial charge in [-0.2, -0.15) is 0 Å². The van der Waals surface area contributed by atoms with E-state index in [4.69, 9.17) is 4.74 Å². The van der Waals surface area contributed by atoms with Gasteiger partial charge in [0.05, 0.1) is 11.7 Å². The Morgan fingerprint density at radius 3 is 2.22 bits per heavy atom. The topological polar surface area (TPSA) is 59.5 Å². The molecule has 1 fully saturated rings. The van der Waals surface area contributed by atoms with Gasteiger partial charge in [-0.15, -0.1) is 6.58 Å². The lowest BCUT2D eigenvalue weighted by Crippen LogP contribution is -2.53. The molecule has 0 N–H and O–H groups in total. The molecule has 2 aromatic rings. The van der Waals surface area contributed by atoms with E-state index < -0.39 is 11.6 Å². The van der Waals surface area contributed by atoms with E-state index in [1.54, 1.807) is 11.0 Å². The number of aromatic nitrogens is 1. The van der Waals surface area contributed by atoms with Gasteiger partial charge in [0, 0.05) is 12.1 Å². The highest BCUT2D eigenvalue weighted by Crippen LogP contribution is 2.37. The van der Waals surface area contributed by atoms with Crippen molar-refractivity contribution >= 4 is 11.9 Å². The average Bonchev–Trinajstić information content (AvgIpc) is 2.86. The molecule has 3 rings (SSSR count). The van der Waals surface area contributed by atoms with Crippen molar-refractivity contribution in [2.45, 2.75) is 97.8 Å². The number of likely N-dealkylation sites (tertiary alicyclic amines) is 1. The number of pyridine rings is 1. The van der Waals surface area contributed by atoms with E-state index in [1.165, 1.54) is 5.56 Å². The molecule has 2 heterocycles. The third-order valence-electron chi connectivity index (χ3n) is 6.43. The highest BCUT2D eigenvalue weighted by molar-refractivity contribution is 5.87. The quantitative estimate of drug-likeness (QED) is 0.298. The second-order valence-corrected chi connectivity index (χ2v) is 10.3. The van der Waals surface area contributed by atoms with E-state index >= 15 is 0 Å². The fraction of sp³-hybridized carbons (Fsp3) is 0.516. The fourth-order valence-corrected chi connectivity index (χ4v) is 4.47.